The van der Waals surface area contributed by atoms with E-state index < -0.39 is 0 Å². The molecule has 1 amide bonds. The molecule has 0 fully saturated rings. The third kappa shape index (κ3) is 1.98. The minimum Gasteiger partial charge on any atom is -0.295 e. The minimum absolute atomic E-state index is 0.000379. The normalized spacial score (nSPS) is 19.1. The number of hydrogen-bond acceptors (Lipinski definition) is 2. The fourth-order valence-electron chi connectivity index (χ4n) is 3.72. The highest BCUT2D eigenvalue weighted by Crippen LogP contribution is 2.45. The van der Waals surface area contributed by atoms with Gasteiger partial charge in [0.15, 0.2) is 5.78 Å². The van der Waals surface area contributed by atoms with Gasteiger partial charge < -0.3 is 0 Å². The number of fused-ring (bicyclic) bond motifs is 3. The molecule has 1 unspecified atom stereocenters. The molecule has 0 saturated heterocycles. The molecule has 2 aromatic carbocycles. The second-order valence-electron chi connectivity index (χ2n) is 6.18. The standard InChI is InChI=1S/C21H17NO2/c1-13-20(14(2)23)18(15-8-4-3-5-9-15)12-19-16-10-6-7-11-17(16)21(24)22(13)19/h3-12,18H,1-2H3. The van der Waals surface area contributed by atoms with Gasteiger partial charge in [-0.05, 0) is 31.6 Å². The lowest BCUT2D eigenvalue weighted by Crippen LogP contribution is -2.29. The smallest absolute Gasteiger partial charge is 0.263 e. The number of amides is 1. The van der Waals surface area contributed by atoms with Crippen LogP contribution >= 0.6 is 0 Å². The molecule has 3 nitrogen and oxygen atoms in total. The first-order chi connectivity index (χ1) is 11.6. The Bertz CT molecular complexity index is 922. The van der Waals surface area contributed by atoms with Crippen LogP contribution in [-0.4, -0.2) is 16.6 Å². The molecular weight excluding hydrogens is 298 g/mol. The van der Waals surface area contributed by atoms with Gasteiger partial charge in [0.1, 0.15) is 0 Å². The van der Waals surface area contributed by atoms with Crippen molar-refractivity contribution in [2.24, 2.45) is 0 Å². The van der Waals surface area contributed by atoms with E-state index in [0.29, 0.717) is 11.1 Å². The van der Waals surface area contributed by atoms with E-state index in [-0.39, 0.29) is 17.6 Å². The number of rotatable bonds is 2. The molecule has 0 aliphatic carbocycles. The van der Waals surface area contributed by atoms with E-state index >= 15 is 0 Å². The van der Waals surface area contributed by atoms with Crippen LogP contribution in [-0.2, 0) is 4.79 Å². The second-order valence-corrected chi connectivity index (χ2v) is 6.18. The molecule has 3 heteroatoms. The van der Waals surface area contributed by atoms with Crippen LogP contribution in [0.15, 0.2) is 71.9 Å². The van der Waals surface area contributed by atoms with E-state index in [4.69, 9.17) is 0 Å². The van der Waals surface area contributed by atoms with E-state index in [9.17, 15) is 9.59 Å². The Morgan fingerprint density at radius 1 is 0.958 bits per heavy atom. The molecule has 0 saturated carbocycles. The summed E-state index contributed by atoms with van der Waals surface area (Å²) in [7, 11) is 0. The first kappa shape index (κ1) is 14.6. The van der Waals surface area contributed by atoms with Gasteiger partial charge in [0.25, 0.3) is 5.91 Å². The summed E-state index contributed by atoms with van der Waals surface area (Å²) in [6.45, 7) is 3.44. The highest BCUT2D eigenvalue weighted by atomic mass is 16.2. The van der Waals surface area contributed by atoms with Crippen LogP contribution < -0.4 is 0 Å². The third-order valence-electron chi connectivity index (χ3n) is 4.78. The van der Waals surface area contributed by atoms with Crippen LogP contribution in [0.25, 0.3) is 5.70 Å². The number of benzene rings is 2. The Kier molecular flexibility index (Phi) is 3.24. The number of carbonyl (C=O) groups is 2. The molecule has 0 bridgehead atoms. The van der Waals surface area contributed by atoms with Crippen molar-refractivity contribution in [2.75, 3.05) is 0 Å². The van der Waals surface area contributed by atoms with Gasteiger partial charge in [0, 0.05) is 28.3 Å². The van der Waals surface area contributed by atoms with Crippen molar-refractivity contribution >= 4 is 17.4 Å². The molecule has 0 aromatic heterocycles. The molecule has 0 radical (unpaired) electrons. The van der Waals surface area contributed by atoms with Crippen molar-refractivity contribution in [2.45, 2.75) is 19.8 Å². The predicted octanol–water partition coefficient (Wildman–Crippen LogP) is 4.14. The zero-order valence-corrected chi connectivity index (χ0v) is 13.6. The van der Waals surface area contributed by atoms with Crippen molar-refractivity contribution < 1.29 is 9.59 Å². The number of hydrogen-bond donors (Lipinski definition) is 0. The monoisotopic (exact) mass is 315 g/mol. The quantitative estimate of drug-likeness (QED) is 0.835. The Labute approximate surface area is 140 Å². The van der Waals surface area contributed by atoms with Crippen LogP contribution in [0.3, 0.4) is 0 Å². The van der Waals surface area contributed by atoms with Crippen molar-refractivity contribution in [3.63, 3.8) is 0 Å². The van der Waals surface area contributed by atoms with Gasteiger partial charge in [0.2, 0.25) is 0 Å². The van der Waals surface area contributed by atoms with Crippen molar-refractivity contribution in [3.05, 3.63) is 88.6 Å². The van der Waals surface area contributed by atoms with Crippen molar-refractivity contribution in [1.29, 1.82) is 0 Å². The lowest BCUT2D eigenvalue weighted by atomic mass is 9.84. The van der Waals surface area contributed by atoms with Gasteiger partial charge in [0.05, 0.1) is 5.70 Å². The maximum Gasteiger partial charge on any atom is 0.263 e. The van der Waals surface area contributed by atoms with E-state index in [2.05, 4.69) is 0 Å². The van der Waals surface area contributed by atoms with E-state index in [1.807, 2.05) is 67.6 Å². The van der Waals surface area contributed by atoms with Crippen molar-refractivity contribution in [3.8, 4) is 0 Å². The van der Waals surface area contributed by atoms with Gasteiger partial charge >= 0.3 is 0 Å². The molecule has 2 aliphatic rings. The summed E-state index contributed by atoms with van der Waals surface area (Å²) in [5.74, 6) is -0.186. The lowest BCUT2D eigenvalue weighted by molar-refractivity contribution is -0.113. The second kappa shape index (κ2) is 5.31. The fraction of sp³-hybridized carbons (Fsp3) is 0.143. The zero-order valence-electron chi connectivity index (χ0n) is 13.6. The molecule has 2 aromatic rings. The summed E-state index contributed by atoms with van der Waals surface area (Å²) < 4.78 is 0. The van der Waals surface area contributed by atoms with E-state index in [0.717, 1.165) is 22.5 Å². The van der Waals surface area contributed by atoms with Gasteiger partial charge in [-0.15, -0.1) is 0 Å². The third-order valence-corrected chi connectivity index (χ3v) is 4.78. The Morgan fingerprint density at radius 3 is 2.25 bits per heavy atom. The fourth-order valence-corrected chi connectivity index (χ4v) is 3.72. The summed E-state index contributed by atoms with van der Waals surface area (Å²) in [4.78, 5) is 26.8. The van der Waals surface area contributed by atoms with Crippen LogP contribution in [0.2, 0.25) is 0 Å². The summed E-state index contributed by atoms with van der Waals surface area (Å²) in [6.07, 6.45) is 2.04. The average Bonchev–Trinajstić information content (AvgIpc) is 2.88. The van der Waals surface area contributed by atoms with Gasteiger partial charge in [-0.25, -0.2) is 0 Å². The van der Waals surface area contributed by atoms with Crippen molar-refractivity contribution in [1.82, 2.24) is 4.90 Å². The van der Waals surface area contributed by atoms with Crippen LogP contribution in [0.1, 0.15) is 41.3 Å². The average molecular weight is 315 g/mol. The number of ketones is 1. The predicted molar refractivity (Wildman–Crippen MR) is 93.2 cm³/mol. The molecule has 0 spiro atoms. The van der Waals surface area contributed by atoms with Crippen LogP contribution in [0, 0.1) is 0 Å². The summed E-state index contributed by atoms with van der Waals surface area (Å²) in [5, 5.41) is 0. The SMILES string of the molecule is CC(=O)C1=C(C)N2C(=O)c3ccccc3C2=CC1c1ccccc1. The van der Waals surface area contributed by atoms with E-state index in [1.54, 1.807) is 11.8 Å². The first-order valence-electron chi connectivity index (χ1n) is 8.02. The molecule has 118 valence electrons. The Morgan fingerprint density at radius 2 is 1.58 bits per heavy atom. The Balaban J connectivity index is 1.96. The largest absolute Gasteiger partial charge is 0.295 e. The number of Topliss-reactive ketones (excluding diaryl/α,β-unsaturated/α-hetero) is 1. The van der Waals surface area contributed by atoms with Crippen LogP contribution in [0.4, 0.5) is 0 Å². The lowest BCUT2D eigenvalue weighted by Gasteiger charge is -2.31. The summed E-state index contributed by atoms with van der Waals surface area (Å²) in [5.41, 5.74) is 4.99. The summed E-state index contributed by atoms with van der Waals surface area (Å²) >= 11 is 0. The molecule has 0 N–H and O–H groups in total. The van der Waals surface area contributed by atoms with E-state index in [1.165, 1.54) is 0 Å². The topological polar surface area (TPSA) is 37.4 Å². The number of allylic oxidation sites excluding steroid dienone is 3. The number of carbonyl (C=O) groups excluding carboxylic acids is 2. The van der Waals surface area contributed by atoms with Gasteiger partial charge in [-0.3, -0.25) is 14.5 Å². The van der Waals surface area contributed by atoms with Gasteiger partial charge in [-0.1, -0.05) is 48.5 Å². The van der Waals surface area contributed by atoms with Crippen LogP contribution in [0.5, 0.6) is 0 Å². The maximum absolute atomic E-state index is 12.8. The zero-order chi connectivity index (χ0) is 16.8. The highest BCUT2D eigenvalue weighted by Gasteiger charge is 2.39. The van der Waals surface area contributed by atoms with Gasteiger partial charge in [-0.2, -0.15) is 0 Å². The molecule has 1 atom stereocenters. The molecule has 24 heavy (non-hydrogen) atoms. The highest BCUT2D eigenvalue weighted by molar-refractivity contribution is 6.12. The maximum atomic E-state index is 12.8. The molecule has 4 rings (SSSR count). The molecule has 2 aliphatic heterocycles. The minimum atomic E-state index is -0.131. The number of nitrogens with zero attached hydrogens (tertiary/aromatic N) is 1. The Hall–Kier alpha value is -2.94. The molecule has 2 heterocycles. The first-order valence-corrected chi connectivity index (χ1v) is 8.02. The molecular formula is C21H17NO2. The summed E-state index contributed by atoms with van der Waals surface area (Å²) in [6, 6.07) is 17.6.